The summed E-state index contributed by atoms with van der Waals surface area (Å²) < 4.78 is 16.4. The van der Waals surface area contributed by atoms with Gasteiger partial charge in [0.05, 0.1) is 31.9 Å². The van der Waals surface area contributed by atoms with Crippen molar-refractivity contribution in [1.29, 1.82) is 0 Å². The van der Waals surface area contributed by atoms with Crippen LogP contribution < -0.4 is 9.47 Å². The second kappa shape index (κ2) is 9.98. The summed E-state index contributed by atoms with van der Waals surface area (Å²) in [5.74, 6) is -0.990. The molecule has 2 aromatic rings. The fourth-order valence-electron chi connectivity index (χ4n) is 3.63. The Balaban J connectivity index is 2.08. The van der Waals surface area contributed by atoms with E-state index in [-0.39, 0.29) is 23.0 Å². The van der Waals surface area contributed by atoms with E-state index >= 15 is 0 Å². The minimum absolute atomic E-state index is 0.0278. The number of carbonyl (C=O) groups is 2. The van der Waals surface area contributed by atoms with E-state index in [0.717, 1.165) is 4.88 Å². The number of ketones is 1. The number of aliphatic hydroxyl groups excluding tert-OH is 1. The van der Waals surface area contributed by atoms with Gasteiger partial charge < -0.3 is 24.2 Å². The van der Waals surface area contributed by atoms with E-state index in [9.17, 15) is 14.7 Å². The van der Waals surface area contributed by atoms with Gasteiger partial charge in [-0.3, -0.25) is 9.59 Å². The molecule has 0 radical (unpaired) electrons. The largest absolute Gasteiger partial charge is 0.506 e. The van der Waals surface area contributed by atoms with E-state index in [4.69, 9.17) is 14.2 Å². The van der Waals surface area contributed by atoms with Crippen LogP contribution in [0.1, 0.15) is 36.8 Å². The molecule has 0 bridgehead atoms. The molecule has 0 saturated carbocycles. The van der Waals surface area contributed by atoms with Gasteiger partial charge in [0.25, 0.3) is 11.7 Å². The molecule has 1 atom stereocenters. The summed E-state index contributed by atoms with van der Waals surface area (Å²) >= 11 is 1.42. The van der Waals surface area contributed by atoms with E-state index in [1.54, 1.807) is 18.2 Å². The minimum atomic E-state index is -0.728. The predicted octanol–water partition coefficient (Wildman–Crippen LogP) is 4.00. The molecule has 1 aliphatic heterocycles. The second-order valence-corrected chi connectivity index (χ2v) is 8.30. The first-order valence-corrected chi connectivity index (χ1v) is 10.9. The molecule has 1 unspecified atom stereocenters. The molecule has 1 aromatic carbocycles. The Labute approximate surface area is 185 Å². The number of rotatable bonds is 9. The van der Waals surface area contributed by atoms with Crippen molar-refractivity contribution in [2.24, 2.45) is 0 Å². The molecule has 1 N–H and O–H groups in total. The highest BCUT2D eigenvalue weighted by molar-refractivity contribution is 7.10. The number of likely N-dealkylation sites (tertiary alicyclic amines) is 1. The molecule has 0 aliphatic carbocycles. The highest BCUT2D eigenvalue weighted by atomic mass is 32.1. The summed E-state index contributed by atoms with van der Waals surface area (Å²) in [4.78, 5) is 28.3. The Hall–Kier alpha value is -2.84. The molecule has 166 valence electrons. The van der Waals surface area contributed by atoms with Crippen LogP contribution in [0.2, 0.25) is 0 Å². The van der Waals surface area contributed by atoms with Crippen LogP contribution in [0.15, 0.2) is 41.3 Å². The third-order valence-electron chi connectivity index (χ3n) is 5.01. The normalized spacial score (nSPS) is 18.1. The van der Waals surface area contributed by atoms with E-state index in [1.807, 2.05) is 31.4 Å². The molecule has 1 amide bonds. The summed E-state index contributed by atoms with van der Waals surface area (Å²) in [7, 11) is 2.94. The molecule has 1 aromatic heterocycles. The number of Topliss-reactive ketones (excluding diaryl/α,β-unsaturated/α-hetero) is 1. The lowest BCUT2D eigenvalue weighted by molar-refractivity contribution is -0.140. The maximum atomic E-state index is 13.1. The van der Waals surface area contributed by atoms with Crippen molar-refractivity contribution >= 4 is 28.8 Å². The van der Waals surface area contributed by atoms with Gasteiger partial charge >= 0.3 is 0 Å². The quantitative estimate of drug-likeness (QED) is 0.272. The topological polar surface area (TPSA) is 85.3 Å². The molecule has 2 heterocycles. The number of benzene rings is 1. The number of aliphatic hydroxyl groups is 1. The van der Waals surface area contributed by atoms with E-state index < -0.39 is 17.7 Å². The van der Waals surface area contributed by atoms with Gasteiger partial charge in [0.2, 0.25) is 0 Å². The van der Waals surface area contributed by atoms with Gasteiger partial charge in [0.15, 0.2) is 0 Å². The predicted molar refractivity (Wildman–Crippen MR) is 119 cm³/mol. The molecule has 1 fully saturated rings. The number of methoxy groups -OCH3 is 2. The van der Waals surface area contributed by atoms with Gasteiger partial charge in [-0.05, 0) is 43.8 Å². The number of carbonyl (C=O) groups excluding carboxylic acids is 2. The van der Waals surface area contributed by atoms with Crippen molar-refractivity contribution in [1.82, 2.24) is 4.90 Å². The number of thiophene rings is 1. The Morgan fingerprint density at radius 3 is 2.35 bits per heavy atom. The minimum Gasteiger partial charge on any atom is -0.506 e. The van der Waals surface area contributed by atoms with Crippen LogP contribution >= 0.6 is 11.3 Å². The smallest absolute Gasteiger partial charge is 0.295 e. The van der Waals surface area contributed by atoms with Gasteiger partial charge in [0.1, 0.15) is 22.8 Å². The van der Waals surface area contributed by atoms with Gasteiger partial charge in [-0.15, -0.1) is 11.3 Å². The molecule has 8 heteroatoms. The van der Waals surface area contributed by atoms with Crippen molar-refractivity contribution in [3.05, 3.63) is 51.7 Å². The molecule has 3 rings (SSSR count). The monoisotopic (exact) mass is 445 g/mol. The van der Waals surface area contributed by atoms with Crippen molar-refractivity contribution in [3.63, 3.8) is 0 Å². The van der Waals surface area contributed by atoms with Crippen LogP contribution in [-0.4, -0.2) is 55.2 Å². The SMILES string of the molecule is COc1cccc(OC)c1/C(O)=C1\C(=O)C(=O)N(CCCOC(C)C)C1c1cccs1. The van der Waals surface area contributed by atoms with Crippen LogP contribution in [0.4, 0.5) is 0 Å². The van der Waals surface area contributed by atoms with Crippen LogP contribution in [0.5, 0.6) is 11.5 Å². The fourth-order valence-corrected chi connectivity index (χ4v) is 4.47. The lowest BCUT2D eigenvalue weighted by atomic mass is 9.98. The van der Waals surface area contributed by atoms with Crippen LogP contribution in [0.3, 0.4) is 0 Å². The highest BCUT2D eigenvalue weighted by Gasteiger charge is 2.46. The Kier molecular flexibility index (Phi) is 7.35. The number of ether oxygens (including phenoxy) is 3. The zero-order chi connectivity index (χ0) is 22.5. The Morgan fingerprint density at radius 1 is 1.13 bits per heavy atom. The molecular formula is C23H27NO6S. The number of amides is 1. The first kappa shape index (κ1) is 22.8. The summed E-state index contributed by atoms with van der Waals surface area (Å²) in [6.07, 6.45) is 0.659. The Bertz CT molecular complexity index is 944. The third kappa shape index (κ3) is 4.60. The standard InChI is InChI=1S/C23H27NO6S/c1-14(2)30-12-7-11-24-20(17-10-6-13-31-17)19(22(26)23(24)27)21(25)18-15(28-3)8-5-9-16(18)29-4/h5-6,8-10,13-14,20,25H,7,11-12H2,1-4H3/b21-19+. The van der Waals surface area contributed by atoms with Gasteiger partial charge in [-0.25, -0.2) is 0 Å². The number of hydrogen-bond acceptors (Lipinski definition) is 7. The van der Waals surface area contributed by atoms with Crippen LogP contribution in [-0.2, 0) is 14.3 Å². The average Bonchev–Trinajstić information content (AvgIpc) is 3.37. The third-order valence-corrected chi connectivity index (χ3v) is 5.94. The first-order valence-electron chi connectivity index (χ1n) is 10.1. The molecule has 7 nitrogen and oxygen atoms in total. The zero-order valence-corrected chi connectivity index (χ0v) is 18.9. The molecule has 1 saturated heterocycles. The van der Waals surface area contributed by atoms with Gasteiger partial charge in [-0.2, -0.15) is 0 Å². The summed E-state index contributed by atoms with van der Waals surface area (Å²) in [5, 5.41) is 13.1. The number of nitrogens with zero attached hydrogens (tertiary/aromatic N) is 1. The van der Waals surface area contributed by atoms with Gasteiger partial charge in [0, 0.05) is 18.0 Å². The van der Waals surface area contributed by atoms with Crippen molar-refractivity contribution in [3.8, 4) is 11.5 Å². The van der Waals surface area contributed by atoms with E-state index in [2.05, 4.69) is 0 Å². The van der Waals surface area contributed by atoms with Crippen molar-refractivity contribution in [2.45, 2.75) is 32.4 Å². The lowest BCUT2D eigenvalue weighted by Gasteiger charge is -2.24. The maximum absolute atomic E-state index is 13.1. The van der Waals surface area contributed by atoms with Crippen molar-refractivity contribution < 1.29 is 28.9 Å². The summed E-state index contributed by atoms with van der Waals surface area (Å²) in [6, 6.07) is 8.07. The second-order valence-electron chi connectivity index (χ2n) is 7.32. The lowest BCUT2D eigenvalue weighted by Crippen LogP contribution is -2.31. The number of hydrogen-bond donors (Lipinski definition) is 1. The Morgan fingerprint density at radius 2 is 1.81 bits per heavy atom. The molecule has 1 aliphatic rings. The summed E-state index contributed by atoms with van der Waals surface area (Å²) in [5.41, 5.74) is 0.273. The van der Waals surface area contributed by atoms with Gasteiger partial charge in [-0.1, -0.05) is 12.1 Å². The van der Waals surface area contributed by atoms with E-state index in [0.29, 0.717) is 31.1 Å². The van der Waals surface area contributed by atoms with Crippen LogP contribution in [0, 0.1) is 0 Å². The summed E-state index contributed by atoms with van der Waals surface area (Å²) in [6.45, 7) is 4.69. The first-order chi connectivity index (χ1) is 14.9. The highest BCUT2D eigenvalue weighted by Crippen LogP contribution is 2.44. The maximum Gasteiger partial charge on any atom is 0.295 e. The van der Waals surface area contributed by atoms with Crippen LogP contribution in [0.25, 0.3) is 5.76 Å². The molecule has 0 spiro atoms. The van der Waals surface area contributed by atoms with E-state index in [1.165, 1.54) is 30.5 Å². The average molecular weight is 446 g/mol. The zero-order valence-electron chi connectivity index (χ0n) is 18.1. The fraction of sp³-hybridized carbons (Fsp3) is 0.391. The molecule has 31 heavy (non-hydrogen) atoms. The molecular weight excluding hydrogens is 418 g/mol. The van der Waals surface area contributed by atoms with Crippen molar-refractivity contribution in [2.75, 3.05) is 27.4 Å².